The van der Waals surface area contributed by atoms with E-state index in [0.717, 1.165) is 17.0 Å². The van der Waals surface area contributed by atoms with Gasteiger partial charge in [-0.25, -0.2) is 0 Å². The Bertz CT molecular complexity index is 878. The molecule has 1 heterocycles. The largest absolute Gasteiger partial charge is 0.351 e. The highest BCUT2D eigenvalue weighted by Gasteiger charge is 2.18. The van der Waals surface area contributed by atoms with Gasteiger partial charge in [0.15, 0.2) is 0 Å². The zero-order chi connectivity index (χ0) is 16.9. The minimum absolute atomic E-state index is 0.164. The van der Waals surface area contributed by atoms with E-state index in [1.165, 1.54) is 11.1 Å². The summed E-state index contributed by atoms with van der Waals surface area (Å²) in [6.07, 6.45) is 1.90. The Morgan fingerprint density at radius 1 is 0.680 bits per heavy atom. The number of benzene rings is 3. The van der Waals surface area contributed by atoms with Crippen LogP contribution in [0.1, 0.15) is 16.9 Å². The average molecular weight is 321 g/mol. The number of hydrogen-bond donors (Lipinski definition) is 1. The molecule has 2 nitrogen and oxygen atoms in total. The van der Waals surface area contributed by atoms with Gasteiger partial charge in [-0.2, -0.15) is 0 Å². The van der Waals surface area contributed by atoms with E-state index in [0.29, 0.717) is 0 Å². The van der Waals surface area contributed by atoms with Crippen LogP contribution in [0.3, 0.4) is 0 Å². The highest BCUT2D eigenvalue weighted by atomic mass is 14.9. The number of nitrogens with one attached hydrogen (secondary N) is 1. The van der Waals surface area contributed by atoms with Gasteiger partial charge in [0, 0.05) is 0 Å². The Kier molecular flexibility index (Phi) is 4.47. The minimum Gasteiger partial charge on any atom is -0.351 e. The third-order valence-electron chi connectivity index (χ3n) is 4.32. The standard InChI is InChI=1S/C22H18BN2/c1-4-10-17(11-5-1)20-16-24-22(25-20)23-21(18-12-6-2-7-13-18)19-14-8-3-9-15-19/h1-16,21H,(H,24,25). The monoisotopic (exact) mass is 321 g/mol. The molecule has 1 radical (unpaired) electrons. The van der Waals surface area contributed by atoms with Crippen molar-refractivity contribution in [1.29, 1.82) is 0 Å². The van der Waals surface area contributed by atoms with Crippen molar-refractivity contribution in [2.24, 2.45) is 0 Å². The third kappa shape index (κ3) is 3.56. The lowest BCUT2D eigenvalue weighted by atomic mass is 9.58. The molecule has 3 aromatic carbocycles. The minimum atomic E-state index is 0.164. The fourth-order valence-corrected chi connectivity index (χ4v) is 3.05. The van der Waals surface area contributed by atoms with Crippen LogP contribution in [-0.4, -0.2) is 17.2 Å². The van der Waals surface area contributed by atoms with Crippen LogP contribution < -0.4 is 5.72 Å². The van der Waals surface area contributed by atoms with Crippen LogP contribution >= 0.6 is 0 Å². The normalized spacial score (nSPS) is 10.8. The molecule has 0 saturated heterocycles. The second-order valence-electron chi connectivity index (χ2n) is 6.01. The quantitative estimate of drug-likeness (QED) is 0.549. The van der Waals surface area contributed by atoms with Gasteiger partial charge in [-0.1, -0.05) is 91.0 Å². The summed E-state index contributed by atoms with van der Waals surface area (Å²) in [7, 11) is 2.19. The maximum Gasteiger partial charge on any atom is 0.215 e. The molecule has 119 valence electrons. The smallest absolute Gasteiger partial charge is 0.215 e. The van der Waals surface area contributed by atoms with E-state index in [1.807, 2.05) is 36.5 Å². The fourth-order valence-electron chi connectivity index (χ4n) is 3.05. The van der Waals surface area contributed by atoms with Crippen molar-refractivity contribution in [2.75, 3.05) is 0 Å². The van der Waals surface area contributed by atoms with Crippen molar-refractivity contribution >= 4 is 13.0 Å². The number of aromatic amines is 1. The molecular weight excluding hydrogens is 303 g/mol. The van der Waals surface area contributed by atoms with Gasteiger partial charge in [-0.05, 0) is 22.5 Å². The Labute approximate surface area is 148 Å². The molecule has 4 rings (SSSR count). The van der Waals surface area contributed by atoms with Gasteiger partial charge in [0.1, 0.15) is 0 Å². The molecule has 0 aliphatic carbocycles. The van der Waals surface area contributed by atoms with Crippen LogP contribution in [0.25, 0.3) is 11.3 Å². The van der Waals surface area contributed by atoms with Gasteiger partial charge in [-0.15, -0.1) is 0 Å². The average Bonchev–Trinajstić information content (AvgIpc) is 3.17. The van der Waals surface area contributed by atoms with Gasteiger partial charge in [0.05, 0.1) is 17.6 Å². The van der Waals surface area contributed by atoms with E-state index in [1.54, 1.807) is 0 Å². The van der Waals surface area contributed by atoms with Crippen molar-refractivity contribution in [3.8, 4) is 11.3 Å². The molecule has 1 aromatic heterocycles. The summed E-state index contributed by atoms with van der Waals surface area (Å²) in [5.74, 6) is 0.164. The number of imidazole rings is 1. The first-order chi connectivity index (χ1) is 12.4. The number of aromatic nitrogens is 2. The van der Waals surface area contributed by atoms with Crippen molar-refractivity contribution in [2.45, 2.75) is 5.82 Å². The SMILES string of the molecule is [B](c1ncc(-c2ccccc2)[nH]1)C(c1ccccc1)c1ccccc1. The number of H-pyrrole nitrogens is 1. The second kappa shape index (κ2) is 7.22. The van der Waals surface area contributed by atoms with E-state index < -0.39 is 0 Å². The van der Waals surface area contributed by atoms with Crippen molar-refractivity contribution in [3.05, 3.63) is 108 Å². The molecule has 0 spiro atoms. The number of hydrogen-bond acceptors (Lipinski definition) is 1. The molecule has 25 heavy (non-hydrogen) atoms. The van der Waals surface area contributed by atoms with Crippen LogP contribution in [-0.2, 0) is 0 Å². The predicted octanol–water partition coefficient (Wildman–Crippen LogP) is 4.20. The second-order valence-corrected chi connectivity index (χ2v) is 6.01. The molecule has 4 aromatic rings. The Morgan fingerprint density at radius 3 is 1.76 bits per heavy atom. The molecule has 0 aliphatic heterocycles. The lowest BCUT2D eigenvalue weighted by molar-refractivity contribution is 1.12. The first kappa shape index (κ1) is 15.5. The summed E-state index contributed by atoms with van der Waals surface area (Å²) in [6, 6.07) is 31.3. The molecular formula is C22H18BN2. The predicted molar refractivity (Wildman–Crippen MR) is 104 cm³/mol. The zero-order valence-corrected chi connectivity index (χ0v) is 13.8. The van der Waals surface area contributed by atoms with Crippen LogP contribution in [0.2, 0.25) is 0 Å². The summed E-state index contributed by atoms with van der Waals surface area (Å²) < 4.78 is 0. The van der Waals surface area contributed by atoms with Crippen LogP contribution in [0.4, 0.5) is 0 Å². The van der Waals surface area contributed by atoms with Crippen LogP contribution in [0, 0.1) is 0 Å². The van der Waals surface area contributed by atoms with E-state index in [4.69, 9.17) is 0 Å². The molecule has 0 fully saturated rings. The maximum absolute atomic E-state index is 4.57. The Hall–Kier alpha value is -3.07. The highest BCUT2D eigenvalue weighted by molar-refractivity contribution is 6.54. The first-order valence-corrected chi connectivity index (χ1v) is 8.45. The first-order valence-electron chi connectivity index (χ1n) is 8.45. The Morgan fingerprint density at radius 2 is 1.20 bits per heavy atom. The van der Waals surface area contributed by atoms with Crippen molar-refractivity contribution in [1.82, 2.24) is 9.97 Å². The maximum atomic E-state index is 4.57. The summed E-state index contributed by atoms with van der Waals surface area (Å²) >= 11 is 0. The van der Waals surface area contributed by atoms with Gasteiger partial charge >= 0.3 is 0 Å². The van der Waals surface area contributed by atoms with E-state index in [-0.39, 0.29) is 5.82 Å². The van der Waals surface area contributed by atoms with E-state index in [2.05, 4.69) is 77.9 Å². The van der Waals surface area contributed by atoms with Gasteiger partial charge in [-0.3, -0.25) is 4.98 Å². The van der Waals surface area contributed by atoms with Gasteiger partial charge in [0.2, 0.25) is 7.28 Å². The molecule has 0 bridgehead atoms. The summed E-state index contributed by atoms with van der Waals surface area (Å²) in [5.41, 5.74) is 5.58. The summed E-state index contributed by atoms with van der Waals surface area (Å²) in [6.45, 7) is 0. The number of rotatable bonds is 5. The van der Waals surface area contributed by atoms with Gasteiger partial charge in [0.25, 0.3) is 0 Å². The number of nitrogens with zero attached hydrogens (tertiary/aromatic N) is 1. The van der Waals surface area contributed by atoms with E-state index in [9.17, 15) is 0 Å². The molecule has 0 atom stereocenters. The topological polar surface area (TPSA) is 28.7 Å². The lowest BCUT2D eigenvalue weighted by Gasteiger charge is -2.16. The molecule has 0 aliphatic rings. The van der Waals surface area contributed by atoms with E-state index >= 15 is 0 Å². The van der Waals surface area contributed by atoms with Crippen LogP contribution in [0.15, 0.2) is 97.2 Å². The molecule has 0 saturated carbocycles. The third-order valence-corrected chi connectivity index (χ3v) is 4.32. The summed E-state index contributed by atoms with van der Waals surface area (Å²) in [4.78, 5) is 8.01. The fraction of sp³-hybridized carbons (Fsp3) is 0.0455. The summed E-state index contributed by atoms with van der Waals surface area (Å²) in [5, 5.41) is 0. The molecule has 1 N–H and O–H groups in total. The van der Waals surface area contributed by atoms with Crippen molar-refractivity contribution in [3.63, 3.8) is 0 Å². The molecule has 3 heteroatoms. The zero-order valence-electron chi connectivity index (χ0n) is 13.8. The Balaban J connectivity index is 1.65. The lowest BCUT2D eigenvalue weighted by Crippen LogP contribution is -2.26. The van der Waals surface area contributed by atoms with Crippen molar-refractivity contribution < 1.29 is 0 Å². The molecule has 0 amide bonds. The molecule has 0 unspecified atom stereocenters. The highest BCUT2D eigenvalue weighted by Crippen LogP contribution is 2.23. The van der Waals surface area contributed by atoms with Crippen LogP contribution in [0.5, 0.6) is 0 Å². The van der Waals surface area contributed by atoms with Gasteiger partial charge < -0.3 is 4.98 Å².